The van der Waals surface area contributed by atoms with Crippen LogP contribution in [0.1, 0.15) is 11.1 Å². The van der Waals surface area contributed by atoms with Crippen LogP contribution >= 0.6 is 46.4 Å². The maximum Gasteiger partial charge on any atom is 0.255 e. The van der Waals surface area contributed by atoms with Gasteiger partial charge in [-0.15, -0.1) is 0 Å². The second-order valence-corrected chi connectivity index (χ2v) is 10.4. The Morgan fingerprint density at radius 1 is 0.909 bits per heavy atom. The predicted octanol–water partition coefficient (Wildman–Crippen LogP) is 5.64. The molecule has 0 aliphatic rings. The normalized spacial score (nSPS) is 11.8. The summed E-state index contributed by atoms with van der Waals surface area (Å²) in [7, 11) is -4.07. The van der Waals surface area contributed by atoms with Gasteiger partial charge in [-0.3, -0.25) is 4.79 Å². The van der Waals surface area contributed by atoms with Crippen molar-refractivity contribution in [2.24, 2.45) is 5.10 Å². The number of nitrogens with zero attached hydrogens (tertiary/aromatic N) is 2. The molecule has 1 N–H and O–H groups in total. The van der Waals surface area contributed by atoms with E-state index in [-0.39, 0.29) is 16.5 Å². The molecule has 0 aliphatic carbocycles. The summed E-state index contributed by atoms with van der Waals surface area (Å²) in [6.45, 7) is -0.674. The number of nitrogens with one attached hydrogen (secondary N) is 1. The largest absolute Gasteiger partial charge is 0.272 e. The van der Waals surface area contributed by atoms with Gasteiger partial charge in [-0.25, -0.2) is 13.8 Å². The minimum Gasteiger partial charge on any atom is -0.272 e. The summed E-state index contributed by atoms with van der Waals surface area (Å²) in [4.78, 5) is 12.5. The van der Waals surface area contributed by atoms with Gasteiger partial charge in [-0.2, -0.15) is 9.41 Å². The molecule has 3 aromatic rings. The van der Waals surface area contributed by atoms with Crippen molar-refractivity contribution in [3.05, 3.63) is 97.9 Å². The molecule has 3 rings (SSSR count). The van der Waals surface area contributed by atoms with Crippen LogP contribution < -0.4 is 5.43 Å². The Hall–Kier alpha value is -2.13. The number of carbonyl (C=O) groups is 1. The Morgan fingerprint density at radius 3 is 2.24 bits per heavy atom. The number of amides is 1. The smallest absolute Gasteiger partial charge is 0.255 e. The molecule has 0 unspecified atom stereocenters. The molecular formula is C22H17Cl4N3O3S. The van der Waals surface area contributed by atoms with Crippen molar-refractivity contribution in [3.63, 3.8) is 0 Å². The van der Waals surface area contributed by atoms with Crippen LogP contribution in [0.4, 0.5) is 0 Å². The lowest BCUT2D eigenvalue weighted by Gasteiger charge is -2.22. The number of benzene rings is 3. The molecule has 0 bridgehead atoms. The number of hydrazone groups is 1. The van der Waals surface area contributed by atoms with Crippen molar-refractivity contribution in [2.75, 3.05) is 6.54 Å². The predicted molar refractivity (Wildman–Crippen MR) is 133 cm³/mol. The molecule has 0 aromatic heterocycles. The first kappa shape index (κ1) is 25.5. The zero-order valence-electron chi connectivity index (χ0n) is 16.9. The summed E-state index contributed by atoms with van der Waals surface area (Å²) >= 11 is 24.1. The molecule has 11 heteroatoms. The zero-order valence-corrected chi connectivity index (χ0v) is 20.7. The molecular weight excluding hydrogens is 528 g/mol. The molecule has 0 atom stereocenters. The lowest BCUT2D eigenvalue weighted by molar-refractivity contribution is -0.121. The van der Waals surface area contributed by atoms with E-state index in [1.165, 1.54) is 36.5 Å². The highest BCUT2D eigenvalue weighted by atomic mass is 35.5. The van der Waals surface area contributed by atoms with E-state index < -0.39 is 22.5 Å². The Bertz CT molecular complexity index is 1280. The monoisotopic (exact) mass is 543 g/mol. The maximum absolute atomic E-state index is 13.3. The zero-order chi connectivity index (χ0) is 24.0. The summed E-state index contributed by atoms with van der Waals surface area (Å²) in [6.07, 6.45) is 1.37. The minimum absolute atomic E-state index is 0.0237. The van der Waals surface area contributed by atoms with Crippen molar-refractivity contribution in [2.45, 2.75) is 11.4 Å². The van der Waals surface area contributed by atoms with Crippen LogP contribution in [0, 0.1) is 0 Å². The number of rotatable bonds is 8. The summed E-state index contributed by atoms with van der Waals surface area (Å²) < 4.78 is 27.6. The van der Waals surface area contributed by atoms with E-state index in [4.69, 9.17) is 46.4 Å². The fourth-order valence-corrected chi connectivity index (χ4v) is 4.92. The number of hydrogen-bond donors (Lipinski definition) is 1. The lowest BCUT2D eigenvalue weighted by atomic mass is 10.2. The third kappa shape index (κ3) is 6.93. The molecule has 0 spiro atoms. The molecule has 0 radical (unpaired) electrons. The van der Waals surface area contributed by atoms with Gasteiger partial charge in [0.2, 0.25) is 10.0 Å². The van der Waals surface area contributed by atoms with E-state index in [9.17, 15) is 13.2 Å². The summed E-state index contributed by atoms with van der Waals surface area (Å²) in [5.41, 5.74) is 3.39. The van der Waals surface area contributed by atoms with Crippen LogP contribution in [-0.2, 0) is 21.4 Å². The van der Waals surface area contributed by atoms with Crippen molar-refractivity contribution in [1.29, 1.82) is 0 Å². The van der Waals surface area contributed by atoms with Gasteiger partial charge in [0.1, 0.15) is 0 Å². The third-order valence-corrected chi connectivity index (χ3v) is 7.42. The molecule has 1 amide bonds. The summed E-state index contributed by atoms with van der Waals surface area (Å²) in [5, 5.41) is 5.39. The van der Waals surface area contributed by atoms with Gasteiger partial charge >= 0.3 is 0 Å². The average molecular weight is 545 g/mol. The van der Waals surface area contributed by atoms with Gasteiger partial charge in [-0.1, -0.05) is 70.7 Å². The highest BCUT2D eigenvalue weighted by Crippen LogP contribution is 2.25. The maximum atomic E-state index is 13.3. The highest BCUT2D eigenvalue weighted by Gasteiger charge is 2.27. The van der Waals surface area contributed by atoms with Crippen LogP contribution in [0.3, 0.4) is 0 Å². The van der Waals surface area contributed by atoms with Crippen molar-refractivity contribution >= 4 is 68.5 Å². The molecule has 0 aliphatic heterocycles. The second-order valence-electron chi connectivity index (χ2n) is 6.78. The molecule has 0 heterocycles. The van der Waals surface area contributed by atoms with Crippen LogP contribution in [0.2, 0.25) is 20.1 Å². The minimum atomic E-state index is -4.07. The molecule has 6 nitrogen and oxygen atoms in total. The van der Waals surface area contributed by atoms with E-state index in [1.54, 1.807) is 36.4 Å². The number of carbonyl (C=O) groups excluding carboxylic acids is 1. The Kier molecular flexibility index (Phi) is 8.75. The quantitative estimate of drug-likeness (QED) is 0.294. The van der Waals surface area contributed by atoms with Gasteiger partial charge < -0.3 is 0 Å². The first-order valence-corrected chi connectivity index (χ1v) is 12.4. The standard InChI is InChI=1S/C22H17Cl4N3O3S/c23-17-7-9-19(10-8-17)33(31,32)29(13-16-5-6-18(24)11-21(16)26)14-22(30)28-27-12-15-3-1-2-4-20(15)25/h1-12H,13-14H2,(H,28,30)/b27-12-. The average Bonchev–Trinajstić information content (AvgIpc) is 2.76. The number of hydrogen-bond acceptors (Lipinski definition) is 4. The van der Waals surface area contributed by atoms with Gasteiger partial charge in [0.25, 0.3) is 5.91 Å². The third-order valence-electron chi connectivity index (χ3n) is 4.43. The van der Waals surface area contributed by atoms with Crippen molar-refractivity contribution < 1.29 is 13.2 Å². The van der Waals surface area contributed by atoms with E-state index in [0.717, 1.165) is 4.31 Å². The van der Waals surface area contributed by atoms with Crippen molar-refractivity contribution in [3.8, 4) is 0 Å². The van der Waals surface area contributed by atoms with Crippen LogP contribution in [0.25, 0.3) is 0 Å². The van der Waals surface area contributed by atoms with Crippen molar-refractivity contribution in [1.82, 2.24) is 9.73 Å². The summed E-state index contributed by atoms with van der Waals surface area (Å²) in [5.74, 6) is -0.652. The second kappa shape index (κ2) is 11.3. The highest BCUT2D eigenvalue weighted by molar-refractivity contribution is 7.89. The van der Waals surface area contributed by atoms with Crippen LogP contribution in [0.5, 0.6) is 0 Å². The van der Waals surface area contributed by atoms with E-state index >= 15 is 0 Å². The van der Waals surface area contributed by atoms with Crippen LogP contribution in [0.15, 0.2) is 76.7 Å². The SMILES string of the molecule is O=C(CN(Cc1ccc(Cl)cc1Cl)S(=O)(=O)c1ccc(Cl)cc1)N/N=C\c1ccccc1Cl. The first-order valence-electron chi connectivity index (χ1n) is 9.43. The molecule has 0 fully saturated rings. The molecule has 0 saturated heterocycles. The van der Waals surface area contributed by atoms with E-state index in [1.807, 2.05) is 0 Å². The first-order chi connectivity index (χ1) is 15.7. The van der Waals surface area contributed by atoms with E-state index in [0.29, 0.717) is 26.2 Å². The Balaban J connectivity index is 1.83. The molecule has 0 saturated carbocycles. The summed E-state index contributed by atoms with van der Waals surface area (Å²) in [6, 6.07) is 17.3. The molecule has 33 heavy (non-hydrogen) atoms. The fourth-order valence-electron chi connectivity index (χ4n) is 2.77. The molecule has 172 valence electrons. The van der Waals surface area contributed by atoms with Gasteiger partial charge in [0.15, 0.2) is 0 Å². The van der Waals surface area contributed by atoms with Crippen LogP contribution in [-0.4, -0.2) is 31.4 Å². The van der Waals surface area contributed by atoms with Gasteiger partial charge in [0.05, 0.1) is 17.7 Å². The Morgan fingerprint density at radius 2 is 1.58 bits per heavy atom. The fraction of sp³-hybridized carbons (Fsp3) is 0.0909. The number of sulfonamides is 1. The molecule has 3 aromatic carbocycles. The topological polar surface area (TPSA) is 78.8 Å². The Labute approximate surface area is 211 Å². The van der Waals surface area contributed by atoms with Gasteiger partial charge in [0, 0.05) is 32.2 Å². The van der Waals surface area contributed by atoms with E-state index in [2.05, 4.69) is 10.5 Å². The van der Waals surface area contributed by atoms with Gasteiger partial charge in [-0.05, 0) is 48.0 Å². The lowest BCUT2D eigenvalue weighted by Crippen LogP contribution is -2.39. The number of halogens is 4.